The van der Waals surface area contributed by atoms with Crippen molar-refractivity contribution in [3.63, 3.8) is 0 Å². The van der Waals surface area contributed by atoms with Crippen molar-refractivity contribution in [3.8, 4) is 11.5 Å². The predicted octanol–water partition coefficient (Wildman–Crippen LogP) is 2.19. The Bertz CT molecular complexity index is 432. The van der Waals surface area contributed by atoms with Crippen LogP contribution < -0.4 is 10.1 Å². The van der Waals surface area contributed by atoms with Crippen molar-refractivity contribution in [1.29, 1.82) is 0 Å². The van der Waals surface area contributed by atoms with Crippen LogP contribution in [-0.4, -0.2) is 37.9 Å². The van der Waals surface area contributed by atoms with Crippen LogP contribution in [0.25, 0.3) is 0 Å². The van der Waals surface area contributed by atoms with Crippen LogP contribution in [-0.2, 0) is 4.74 Å². The summed E-state index contributed by atoms with van der Waals surface area (Å²) in [5.74, 6) is 0.706. The number of methoxy groups -OCH3 is 1. The number of carbonyl (C=O) groups is 1. The second kappa shape index (κ2) is 8.43. The molecule has 0 saturated carbocycles. The van der Waals surface area contributed by atoms with E-state index in [4.69, 9.17) is 9.47 Å². The number of hydrogen-bond acceptors (Lipinski definition) is 4. The zero-order chi connectivity index (χ0) is 15.0. The molecule has 0 aromatic heterocycles. The molecule has 0 heterocycles. The zero-order valence-corrected chi connectivity index (χ0v) is 12.3. The second-order valence-electron chi connectivity index (χ2n) is 4.93. The highest BCUT2D eigenvalue weighted by atomic mass is 16.5. The molecule has 0 fully saturated rings. The molecule has 112 valence electrons. The third kappa shape index (κ3) is 5.48. The Kier molecular flexibility index (Phi) is 6.87. The molecule has 0 unspecified atom stereocenters. The van der Waals surface area contributed by atoms with Crippen molar-refractivity contribution in [1.82, 2.24) is 5.32 Å². The molecule has 0 radical (unpaired) electrons. The maximum Gasteiger partial charge on any atom is 0.255 e. The summed E-state index contributed by atoms with van der Waals surface area (Å²) >= 11 is 0. The van der Waals surface area contributed by atoms with E-state index in [2.05, 4.69) is 19.2 Å². The summed E-state index contributed by atoms with van der Waals surface area (Å²) in [6.45, 7) is 5.86. The lowest BCUT2D eigenvalue weighted by Crippen LogP contribution is -2.27. The third-order valence-corrected chi connectivity index (χ3v) is 2.82. The van der Waals surface area contributed by atoms with Crippen LogP contribution in [0.3, 0.4) is 0 Å². The average Bonchev–Trinajstić information content (AvgIpc) is 2.41. The molecule has 0 aliphatic heterocycles. The molecule has 0 aliphatic rings. The molecule has 5 heteroatoms. The normalized spacial score (nSPS) is 10.6. The maximum absolute atomic E-state index is 11.8. The molecule has 0 saturated heterocycles. The molecule has 20 heavy (non-hydrogen) atoms. The Hall–Kier alpha value is -1.75. The van der Waals surface area contributed by atoms with Crippen molar-refractivity contribution >= 4 is 5.91 Å². The van der Waals surface area contributed by atoms with Gasteiger partial charge in [0.05, 0.1) is 19.3 Å². The number of aromatic hydroxyl groups is 1. The fourth-order valence-corrected chi connectivity index (χ4v) is 1.58. The standard InChI is InChI=1S/C15H23NO4/c1-11(2)6-8-20-9-7-16-15(18)13-5-4-12(19-3)10-14(13)17/h4-5,10-11,17H,6-9H2,1-3H3,(H,16,18). The lowest BCUT2D eigenvalue weighted by atomic mass is 10.1. The highest BCUT2D eigenvalue weighted by Crippen LogP contribution is 2.23. The lowest BCUT2D eigenvalue weighted by molar-refractivity contribution is 0.0903. The molecule has 0 aliphatic carbocycles. The van der Waals surface area contributed by atoms with Gasteiger partial charge >= 0.3 is 0 Å². The van der Waals surface area contributed by atoms with Crippen LogP contribution in [0, 0.1) is 5.92 Å². The summed E-state index contributed by atoms with van der Waals surface area (Å²) in [6, 6.07) is 4.57. The number of phenols is 1. The molecule has 5 nitrogen and oxygen atoms in total. The smallest absolute Gasteiger partial charge is 0.255 e. The summed E-state index contributed by atoms with van der Waals surface area (Å²) in [4.78, 5) is 11.8. The minimum atomic E-state index is -0.322. The van der Waals surface area contributed by atoms with Crippen LogP contribution in [0.15, 0.2) is 18.2 Å². The molecular formula is C15H23NO4. The van der Waals surface area contributed by atoms with E-state index in [9.17, 15) is 9.90 Å². The number of hydrogen-bond donors (Lipinski definition) is 2. The number of amides is 1. The summed E-state index contributed by atoms with van der Waals surface area (Å²) in [5.41, 5.74) is 0.230. The van der Waals surface area contributed by atoms with Gasteiger partial charge in [0.2, 0.25) is 0 Å². The molecule has 2 N–H and O–H groups in total. The predicted molar refractivity (Wildman–Crippen MR) is 77.3 cm³/mol. The lowest BCUT2D eigenvalue weighted by Gasteiger charge is -2.09. The van der Waals surface area contributed by atoms with Crippen molar-refractivity contribution < 1.29 is 19.4 Å². The van der Waals surface area contributed by atoms with Crippen molar-refractivity contribution in [3.05, 3.63) is 23.8 Å². The van der Waals surface area contributed by atoms with Crippen molar-refractivity contribution in [2.45, 2.75) is 20.3 Å². The van der Waals surface area contributed by atoms with E-state index in [1.807, 2.05) is 0 Å². The van der Waals surface area contributed by atoms with Gasteiger partial charge in [0.25, 0.3) is 5.91 Å². The van der Waals surface area contributed by atoms with Gasteiger partial charge in [-0.3, -0.25) is 4.79 Å². The molecule has 0 bridgehead atoms. The Labute approximate surface area is 119 Å². The molecule has 1 aromatic carbocycles. The Balaban J connectivity index is 2.32. The van der Waals surface area contributed by atoms with Gasteiger partial charge in [-0.1, -0.05) is 13.8 Å². The quantitative estimate of drug-likeness (QED) is 0.717. The van der Waals surface area contributed by atoms with E-state index in [1.165, 1.54) is 19.2 Å². The van der Waals surface area contributed by atoms with Gasteiger partial charge in [-0.05, 0) is 24.5 Å². The second-order valence-corrected chi connectivity index (χ2v) is 4.93. The Morgan fingerprint density at radius 3 is 2.70 bits per heavy atom. The van der Waals surface area contributed by atoms with E-state index in [0.717, 1.165) is 6.42 Å². The van der Waals surface area contributed by atoms with Crippen LogP contribution >= 0.6 is 0 Å². The summed E-state index contributed by atoms with van der Waals surface area (Å²) in [6.07, 6.45) is 1.01. The Morgan fingerprint density at radius 1 is 1.35 bits per heavy atom. The molecule has 0 atom stereocenters. The molecule has 1 aromatic rings. The first kappa shape index (κ1) is 16.3. The summed E-state index contributed by atoms with van der Waals surface area (Å²) < 4.78 is 10.4. The first-order valence-electron chi connectivity index (χ1n) is 6.77. The van der Waals surface area contributed by atoms with E-state index in [-0.39, 0.29) is 17.2 Å². The van der Waals surface area contributed by atoms with Crippen LogP contribution in [0.1, 0.15) is 30.6 Å². The average molecular weight is 281 g/mol. The van der Waals surface area contributed by atoms with Gasteiger partial charge in [-0.2, -0.15) is 0 Å². The van der Waals surface area contributed by atoms with Gasteiger partial charge in [-0.25, -0.2) is 0 Å². The number of rotatable bonds is 8. The largest absolute Gasteiger partial charge is 0.507 e. The minimum absolute atomic E-state index is 0.0948. The molecule has 1 rings (SSSR count). The highest BCUT2D eigenvalue weighted by molar-refractivity contribution is 5.96. The number of ether oxygens (including phenoxy) is 2. The molecule has 0 spiro atoms. The highest BCUT2D eigenvalue weighted by Gasteiger charge is 2.11. The van der Waals surface area contributed by atoms with Crippen LogP contribution in [0.5, 0.6) is 11.5 Å². The van der Waals surface area contributed by atoms with Crippen molar-refractivity contribution in [2.75, 3.05) is 26.9 Å². The van der Waals surface area contributed by atoms with E-state index < -0.39 is 0 Å². The van der Waals surface area contributed by atoms with Crippen molar-refractivity contribution in [2.24, 2.45) is 5.92 Å². The van der Waals surface area contributed by atoms with Gasteiger partial charge in [0.15, 0.2) is 0 Å². The SMILES string of the molecule is COc1ccc(C(=O)NCCOCCC(C)C)c(O)c1. The number of phenolic OH excluding ortho intramolecular Hbond substituents is 1. The van der Waals surface area contributed by atoms with E-state index in [1.54, 1.807) is 6.07 Å². The minimum Gasteiger partial charge on any atom is -0.507 e. The molecular weight excluding hydrogens is 258 g/mol. The molecule has 1 amide bonds. The Morgan fingerprint density at radius 2 is 2.10 bits per heavy atom. The van der Waals surface area contributed by atoms with Crippen LogP contribution in [0.2, 0.25) is 0 Å². The van der Waals surface area contributed by atoms with Gasteiger partial charge in [-0.15, -0.1) is 0 Å². The first-order valence-corrected chi connectivity index (χ1v) is 6.77. The number of nitrogens with one attached hydrogen (secondary N) is 1. The van der Waals surface area contributed by atoms with E-state index >= 15 is 0 Å². The number of carbonyl (C=O) groups excluding carboxylic acids is 1. The number of benzene rings is 1. The first-order chi connectivity index (χ1) is 9.54. The fourth-order valence-electron chi connectivity index (χ4n) is 1.58. The van der Waals surface area contributed by atoms with E-state index in [0.29, 0.717) is 31.4 Å². The zero-order valence-electron chi connectivity index (χ0n) is 12.3. The summed E-state index contributed by atoms with van der Waals surface area (Å²) in [5, 5.41) is 12.4. The van der Waals surface area contributed by atoms with Gasteiger partial charge < -0.3 is 19.9 Å². The summed E-state index contributed by atoms with van der Waals surface area (Å²) in [7, 11) is 1.50. The topological polar surface area (TPSA) is 67.8 Å². The van der Waals surface area contributed by atoms with Gasteiger partial charge in [0.1, 0.15) is 11.5 Å². The third-order valence-electron chi connectivity index (χ3n) is 2.82. The maximum atomic E-state index is 11.8. The monoisotopic (exact) mass is 281 g/mol. The van der Waals surface area contributed by atoms with Gasteiger partial charge in [0, 0.05) is 19.2 Å². The fraction of sp³-hybridized carbons (Fsp3) is 0.533. The van der Waals surface area contributed by atoms with Crippen LogP contribution in [0.4, 0.5) is 0 Å².